The van der Waals surface area contributed by atoms with E-state index in [1.54, 1.807) is 7.11 Å². The van der Waals surface area contributed by atoms with Crippen LogP contribution in [0.25, 0.3) is 0 Å². The maximum absolute atomic E-state index is 11.8. The molecule has 2 atom stereocenters. The van der Waals surface area contributed by atoms with E-state index in [2.05, 4.69) is 43.4 Å². The number of carbonyl (C=O) groups is 1. The topological polar surface area (TPSA) is 71.4 Å². The molecule has 176 valence electrons. The molecule has 7 nitrogen and oxygen atoms in total. The summed E-state index contributed by atoms with van der Waals surface area (Å²) in [5.41, 5.74) is 3.63. The monoisotopic (exact) mass is 475 g/mol. The van der Waals surface area contributed by atoms with Gasteiger partial charge < -0.3 is 24.8 Å². The van der Waals surface area contributed by atoms with Crippen LogP contribution in [0.15, 0.2) is 60.9 Å². The lowest BCUT2D eigenvalue weighted by Crippen LogP contribution is -2.30. The molecule has 0 radical (unpaired) electrons. The van der Waals surface area contributed by atoms with E-state index in [0.717, 1.165) is 11.4 Å². The summed E-state index contributed by atoms with van der Waals surface area (Å²) in [7, 11) is 1.59. The highest BCUT2D eigenvalue weighted by Crippen LogP contribution is 2.45. The van der Waals surface area contributed by atoms with Crippen molar-refractivity contribution in [3.05, 3.63) is 72.3 Å². The van der Waals surface area contributed by atoms with Crippen LogP contribution in [-0.2, 0) is 4.79 Å². The van der Waals surface area contributed by atoms with Crippen molar-refractivity contribution in [2.45, 2.75) is 50.7 Å². The second-order valence-electron chi connectivity index (χ2n) is 8.84. The zero-order valence-electron chi connectivity index (χ0n) is 19.4. The van der Waals surface area contributed by atoms with Crippen LogP contribution in [0, 0.1) is 0 Å². The van der Waals surface area contributed by atoms with Crippen LogP contribution in [0.2, 0.25) is 0 Å². The number of nitrogens with one attached hydrogen (secondary N) is 2. The normalized spacial score (nSPS) is 20.4. The number of methoxy groups -OCH3 is 1. The summed E-state index contributed by atoms with van der Waals surface area (Å²) < 4.78 is 7.90. The molecule has 1 saturated carbocycles. The van der Waals surface area contributed by atoms with Crippen LogP contribution in [0.4, 0.5) is 11.4 Å². The van der Waals surface area contributed by atoms with Crippen molar-refractivity contribution < 1.29 is 9.53 Å². The molecule has 2 fully saturated rings. The van der Waals surface area contributed by atoms with Gasteiger partial charge in [0.05, 0.1) is 24.5 Å². The molecule has 3 heterocycles. The van der Waals surface area contributed by atoms with Gasteiger partial charge in [-0.25, -0.2) is 0 Å². The fraction of sp³-hybridized carbons (Fsp3) is 0.346. The summed E-state index contributed by atoms with van der Waals surface area (Å²) in [6.45, 7) is 1.49. The molecule has 2 aromatic heterocycles. The number of thiocarbonyl (C=S) groups is 1. The second-order valence-corrected chi connectivity index (χ2v) is 9.23. The lowest BCUT2D eigenvalue weighted by Gasteiger charge is -2.30. The van der Waals surface area contributed by atoms with Crippen molar-refractivity contribution in [2.75, 3.05) is 17.3 Å². The summed E-state index contributed by atoms with van der Waals surface area (Å²) in [5, 5.41) is 7.03. The summed E-state index contributed by atoms with van der Waals surface area (Å²) in [4.78, 5) is 18.6. The molecule has 1 aliphatic heterocycles. The van der Waals surface area contributed by atoms with Gasteiger partial charge in [0, 0.05) is 36.7 Å². The number of pyridine rings is 1. The maximum atomic E-state index is 11.8. The Kier molecular flexibility index (Phi) is 6.24. The zero-order chi connectivity index (χ0) is 23.7. The van der Waals surface area contributed by atoms with Crippen molar-refractivity contribution in [2.24, 2.45) is 0 Å². The molecule has 0 unspecified atom stereocenters. The van der Waals surface area contributed by atoms with E-state index in [4.69, 9.17) is 17.0 Å². The number of anilines is 2. The van der Waals surface area contributed by atoms with E-state index in [1.165, 1.54) is 38.3 Å². The molecule has 1 aliphatic carbocycles. The summed E-state index contributed by atoms with van der Waals surface area (Å²) in [6.07, 6.45) is 8.91. The molecule has 5 rings (SSSR count). The number of ether oxygens (including phenoxy) is 1. The highest BCUT2D eigenvalue weighted by atomic mass is 32.1. The van der Waals surface area contributed by atoms with E-state index in [-0.39, 0.29) is 18.0 Å². The number of nitrogens with zero attached hydrogens (tertiary/aromatic N) is 3. The molecule has 1 saturated heterocycles. The minimum absolute atomic E-state index is 0.100. The largest absolute Gasteiger partial charge is 0.495 e. The van der Waals surface area contributed by atoms with E-state index in [1.807, 2.05) is 42.6 Å². The number of aromatic nitrogens is 2. The van der Waals surface area contributed by atoms with Crippen LogP contribution in [0.1, 0.15) is 62.1 Å². The van der Waals surface area contributed by atoms with Gasteiger partial charge in [-0.05, 0) is 67.5 Å². The Labute approximate surface area is 205 Å². The number of hydrogen-bond acceptors (Lipinski definition) is 4. The lowest BCUT2D eigenvalue weighted by molar-refractivity contribution is -0.114. The number of rotatable bonds is 6. The minimum atomic E-state index is -0.157. The third kappa shape index (κ3) is 4.14. The number of carbonyl (C=O) groups excluding carboxylic acids is 1. The van der Waals surface area contributed by atoms with Gasteiger partial charge in [-0.15, -0.1) is 0 Å². The maximum Gasteiger partial charge on any atom is 0.221 e. The van der Waals surface area contributed by atoms with Crippen LogP contribution in [0.3, 0.4) is 0 Å². The summed E-state index contributed by atoms with van der Waals surface area (Å²) in [5.74, 6) is 0.444. The standard InChI is InChI=1S/C26H29N5O2S/c1-17(32)28-21-16-19(12-13-23(21)33-2)31-25(22-11-7-15-30(22)18-8-3-4-9-18)24(29-26(31)34)20-10-5-6-14-27-20/h5-7,10-16,18,24-25H,3-4,8-9H2,1-2H3,(H,28,32)(H,29,34)/t24-,25+/m0/s1. The van der Waals surface area contributed by atoms with E-state index >= 15 is 0 Å². The predicted molar refractivity (Wildman–Crippen MR) is 137 cm³/mol. The fourth-order valence-corrected chi connectivity index (χ4v) is 5.59. The van der Waals surface area contributed by atoms with Gasteiger partial charge >= 0.3 is 0 Å². The Balaban J connectivity index is 1.62. The molecule has 34 heavy (non-hydrogen) atoms. The van der Waals surface area contributed by atoms with Crippen LogP contribution in [0.5, 0.6) is 5.75 Å². The molecule has 3 aromatic rings. The molecule has 2 aliphatic rings. The molecule has 1 amide bonds. The van der Waals surface area contributed by atoms with Gasteiger partial charge in [-0.3, -0.25) is 9.78 Å². The van der Waals surface area contributed by atoms with Crippen molar-refractivity contribution in [1.29, 1.82) is 0 Å². The van der Waals surface area contributed by atoms with Gasteiger partial charge in [0.2, 0.25) is 5.91 Å². The Morgan fingerprint density at radius 2 is 2.00 bits per heavy atom. The molecule has 2 N–H and O–H groups in total. The predicted octanol–water partition coefficient (Wildman–Crippen LogP) is 5.14. The molecule has 0 bridgehead atoms. The van der Waals surface area contributed by atoms with Gasteiger partial charge in [-0.2, -0.15) is 0 Å². The Bertz CT molecular complexity index is 1190. The first-order valence-corrected chi connectivity index (χ1v) is 12.1. The van der Waals surface area contributed by atoms with Crippen molar-refractivity contribution in [3.8, 4) is 5.75 Å². The van der Waals surface area contributed by atoms with Crippen LogP contribution in [-0.4, -0.2) is 27.7 Å². The smallest absolute Gasteiger partial charge is 0.221 e. The Hall–Kier alpha value is -3.39. The summed E-state index contributed by atoms with van der Waals surface area (Å²) in [6, 6.07) is 16.3. The van der Waals surface area contributed by atoms with Gasteiger partial charge in [0.15, 0.2) is 5.11 Å². The lowest BCUT2D eigenvalue weighted by atomic mass is 10.00. The van der Waals surface area contributed by atoms with E-state index < -0.39 is 0 Å². The van der Waals surface area contributed by atoms with Gasteiger partial charge in [0.25, 0.3) is 0 Å². The first-order chi connectivity index (χ1) is 16.6. The number of hydrogen-bond donors (Lipinski definition) is 2. The number of amides is 1. The highest BCUT2D eigenvalue weighted by molar-refractivity contribution is 7.80. The van der Waals surface area contributed by atoms with Crippen molar-refractivity contribution in [1.82, 2.24) is 14.9 Å². The average molecular weight is 476 g/mol. The number of benzene rings is 1. The van der Waals surface area contributed by atoms with E-state index in [9.17, 15) is 4.79 Å². The highest BCUT2D eigenvalue weighted by Gasteiger charge is 2.42. The van der Waals surface area contributed by atoms with E-state index in [0.29, 0.717) is 22.6 Å². The third-order valence-electron chi connectivity index (χ3n) is 6.70. The Morgan fingerprint density at radius 1 is 1.18 bits per heavy atom. The zero-order valence-corrected chi connectivity index (χ0v) is 20.2. The minimum Gasteiger partial charge on any atom is -0.495 e. The molecular weight excluding hydrogens is 446 g/mol. The van der Waals surface area contributed by atoms with Crippen LogP contribution < -0.4 is 20.3 Å². The molecule has 8 heteroatoms. The average Bonchev–Trinajstić information content (AvgIpc) is 3.58. The quantitative estimate of drug-likeness (QED) is 0.481. The first kappa shape index (κ1) is 22.4. The van der Waals surface area contributed by atoms with Gasteiger partial charge in [-0.1, -0.05) is 18.9 Å². The molecular formula is C26H29N5O2S. The molecule has 0 spiro atoms. The summed E-state index contributed by atoms with van der Waals surface area (Å²) >= 11 is 5.88. The van der Waals surface area contributed by atoms with Crippen molar-refractivity contribution in [3.63, 3.8) is 0 Å². The SMILES string of the molecule is COc1ccc(N2C(=S)N[C@@H](c3ccccn3)[C@H]2c2cccn2C2CCCC2)cc1NC(C)=O. The Morgan fingerprint density at radius 3 is 2.71 bits per heavy atom. The van der Waals surface area contributed by atoms with Gasteiger partial charge in [0.1, 0.15) is 11.8 Å². The van der Waals surface area contributed by atoms with Crippen LogP contribution >= 0.6 is 12.2 Å². The molecule has 1 aromatic carbocycles. The first-order valence-electron chi connectivity index (χ1n) is 11.7. The van der Waals surface area contributed by atoms with Crippen molar-refractivity contribution >= 4 is 34.6 Å². The fourth-order valence-electron chi connectivity index (χ4n) is 5.24. The second kappa shape index (κ2) is 9.46. The third-order valence-corrected chi connectivity index (χ3v) is 7.02.